The van der Waals surface area contributed by atoms with Gasteiger partial charge < -0.3 is 14.6 Å². The average molecular weight is 389 g/mol. The molecule has 6 heteroatoms. The zero-order valence-electron chi connectivity index (χ0n) is 15.9. The van der Waals surface area contributed by atoms with E-state index >= 15 is 0 Å². The Morgan fingerprint density at radius 3 is 2.66 bits per heavy atom. The molecule has 0 saturated carbocycles. The van der Waals surface area contributed by atoms with Crippen LogP contribution in [0.25, 0.3) is 11.0 Å². The lowest BCUT2D eigenvalue weighted by Gasteiger charge is -2.09. The topological polar surface area (TPSA) is 56.2 Å². The number of carbonyl (C=O) groups excluding carboxylic acids is 1. The molecule has 0 saturated heterocycles. The summed E-state index contributed by atoms with van der Waals surface area (Å²) in [5.74, 6) is 0.866. The van der Waals surface area contributed by atoms with E-state index in [4.69, 9.17) is 4.74 Å². The zero-order chi connectivity index (χ0) is 20.2. The Kier molecular flexibility index (Phi) is 5.24. The summed E-state index contributed by atoms with van der Waals surface area (Å²) < 4.78 is 20.7. The lowest BCUT2D eigenvalue weighted by Crippen LogP contribution is -2.24. The van der Waals surface area contributed by atoms with Crippen molar-refractivity contribution in [2.45, 2.75) is 13.2 Å². The number of halogens is 1. The summed E-state index contributed by atoms with van der Waals surface area (Å²) in [5.41, 5.74) is 3.27. The van der Waals surface area contributed by atoms with Gasteiger partial charge in [-0.3, -0.25) is 4.79 Å². The summed E-state index contributed by atoms with van der Waals surface area (Å²) in [5, 5.41) is 2.90. The van der Waals surface area contributed by atoms with Crippen LogP contribution in [0.1, 0.15) is 21.7 Å². The second kappa shape index (κ2) is 8.14. The predicted molar refractivity (Wildman–Crippen MR) is 109 cm³/mol. The minimum Gasteiger partial charge on any atom is -0.489 e. The third-order valence-corrected chi connectivity index (χ3v) is 4.70. The summed E-state index contributed by atoms with van der Waals surface area (Å²) in [6, 6.07) is 20.9. The van der Waals surface area contributed by atoms with E-state index < -0.39 is 0 Å². The van der Waals surface area contributed by atoms with E-state index in [1.54, 1.807) is 36.4 Å². The molecule has 29 heavy (non-hydrogen) atoms. The van der Waals surface area contributed by atoms with E-state index in [0.29, 0.717) is 24.5 Å². The summed E-state index contributed by atoms with van der Waals surface area (Å²) in [7, 11) is 1.93. The Morgan fingerprint density at radius 2 is 1.86 bits per heavy atom. The van der Waals surface area contributed by atoms with Crippen LogP contribution < -0.4 is 10.1 Å². The molecular weight excluding hydrogens is 369 g/mol. The maximum absolute atomic E-state index is 13.0. The van der Waals surface area contributed by atoms with Gasteiger partial charge >= 0.3 is 0 Å². The van der Waals surface area contributed by atoms with Gasteiger partial charge in [-0.15, -0.1) is 0 Å². The first kappa shape index (κ1) is 18.7. The van der Waals surface area contributed by atoms with Gasteiger partial charge in [0.25, 0.3) is 5.91 Å². The van der Waals surface area contributed by atoms with E-state index in [1.807, 2.05) is 35.9 Å². The smallest absolute Gasteiger partial charge is 0.251 e. The SMILES string of the molecule is Cn1c(CNC(=O)c2cccc(OCc3ccc(F)cc3)c2)nc2ccccc21. The van der Waals surface area contributed by atoms with Gasteiger partial charge in [0.1, 0.15) is 24.0 Å². The van der Waals surface area contributed by atoms with Gasteiger partial charge in [-0.05, 0) is 48.0 Å². The van der Waals surface area contributed by atoms with Crippen molar-refractivity contribution in [2.24, 2.45) is 7.05 Å². The Morgan fingerprint density at radius 1 is 1.07 bits per heavy atom. The van der Waals surface area contributed by atoms with Gasteiger partial charge in [0.2, 0.25) is 0 Å². The summed E-state index contributed by atoms with van der Waals surface area (Å²) in [4.78, 5) is 17.1. The van der Waals surface area contributed by atoms with Crippen molar-refractivity contribution < 1.29 is 13.9 Å². The molecule has 4 rings (SSSR count). The molecule has 0 aliphatic rings. The summed E-state index contributed by atoms with van der Waals surface area (Å²) in [6.07, 6.45) is 0. The predicted octanol–water partition coefficient (Wildman–Crippen LogP) is 4.22. The van der Waals surface area contributed by atoms with Gasteiger partial charge in [-0.1, -0.05) is 30.3 Å². The number of amides is 1. The first-order chi connectivity index (χ1) is 14.1. The van der Waals surface area contributed by atoms with Crippen molar-refractivity contribution in [3.63, 3.8) is 0 Å². The van der Waals surface area contributed by atoms with Gasteiger partial charge in [-0.25, -0.2) is 9.37 Å². The van der Waals surface area contributed by atoms with Crippen molar-refractivity contribution in [3.05, 3.63) is 95.6 Å². The molecule has 0 bridgehead atoms. The van der Waals surface area contributed by atoms with Crippen molar-refractivity contribution in [3.8, 4) is 5.75 Å². The van der Waals surface area contributed by atoms with Crippen LogP contribution in [0.2, 0.25) is 0 Å². The Labute approximate surface area is 167 Å². The van der Waals surface area contributed by atoms with Gasteiger partial charge in [0, 0.05) is 12.6 Å². The van der Waals surface area contributed by atoms with Crippen molar-refractivity contribution in [1.29, 1.82) is 0 Å². The van der Waals surface area contributed by atoms with E-state index in [-0.39, 0.29) is 11.7 Å². The minimum atomic E-state index is -0.284. The molecule has 1 heterocycles. The minimum absolute atomic E-state index is 0.204. The highest BCUT2D eigenvalue weighted by atomic mass is 19.1. The molecule has 0 aliphatic carbocycles. The molecular formula is C23H20FN3O2. The van der Waals surface area contributed by atoms with E-state index in [9.17, 15) is 9.18 Å². The number of ether oxygens (including phenoxy) is 1. The molecule has 0 fully saturated rings. The van der Waals surface area contributed by atoms with Crippen LogP contribution in [-0.2, 0) is 20.2 Å². The van der Waals surface area contributed by atoms with Crippen LogP contribution >= 0.6 is 0 Å². The Balaban J connectivity index is 1.40. The van der Waals surface area contributed by atoms with Crippen LogP contribution in [0.15, 0.2) is 72.8 Å². The quantitative estimate of drug-likeness (QED) is 0.537. The fourth-order valence-electron chi connectivity index (χ4n) is 3.09. The summed E-state index contributed by atoms with van der Waals surface area (Å²) >= 11 is 0. The van der Waals surface area contributed by atoms with Gasteiger partial charge in [0.15, 0.2) is 0 Å². The van der Waals surface area contributed by atoms with E-state index in [2.05, 4.69) is 10.3 Å². The number of aryl methyl sites for hydroxylation is 1. The first-order valence-corrected chi connectivity index (χ1v) is 9.26. The van der Waals surface area contributed by atoms with Crippen LogP contribution in [0.5, 0.6) is 5.75 Å². The van der Waals surface area contributed by atoms with Crippen LogP contribution in [0.4, 0.5) is 4.39 Å². The normalized spacial score (nSPS) is 10.8. The monoisotopic (exact) mass is 389 g/mol. The maximum Gasteiger partial charge on any atom is 0.251 e. The number of hydrogen-bond donors (Lipinski definition) is 1. The molecule has 4 aromatic rings. The highest BCUT2D eigenvalue weighted by Gasteiger charge is 2.11. The number of benzene rings is 3. The van der Waals surface area contributed by atoms with Crippen LogP contribution in [0, 0.1) is 5.82 Å². The fraction of sp³-hybridized carbons (Fsp3) is 0.130. The summed E-state index contributed by atoms with van der Waals surface area (Å²) in [6.45, 7) is 0.621. The van der Waals surface area contributed by atoms with Crippen molar-refractivity contribution in [1.82, 2.24) is 14.9 Å². The second-order valence-electron chi connectivity index (χ2n) is 6.70. The molecule has 1 aromatic heterocycles. The maximum atomic E-state index is 13.0. The molecule has 5 nitrogen and oxygen atoms in total. The first-order valence-electron chi connectivity index (χ1n) is 9.26. The highest BCUT2D eigenvalue weighted by molar-refractivity contribution is 5.94. The number of fused-ring (bicyclic) bond motifs is 1. The number of nitrogens with zero attached hydrogens (tertiary/aromatic N) is 2. The second-order valence-corrected chi connectivity index (χ2v) is 6.70. The van der Waals surface area contributed by atoms with Crippen molar-refractivity contribution >= 4 is 16.9 Å². The fourth-order valence-corrected chi connectivity index (χ4v) is 3.09. The standard InChI is InChI=1S/C23H20FN3O2/c1-27-21-8-3-2-7-20(21)26-22(27)14-25-23(28)17-5-4-6-19(13-17)29-15-16-9-11-18(24)12-10-16/h2-13H,14-15H2,1H3,(H,25,28). The van der Waals surface area contributed by atoms with Crippen LogP contribution in [-0.4, -0.2) is 15.5 Å². The molecule has 1 amide bonds. The molecule has 0 spiro atoms. The number of nitrogens with one attached hydrogen (secondary N) is 1. The third-order valence-electron chi connectivity index (χ3n) is 4.70. The number of rotatable bonds is 6. The molecule has 0 atom stereocenters. The van der Waals surface area contributed by atoms with E-state index in [1.165, 1.54) is 12.1 Å². The molecule has 146 valence electrons. The molecule has 0 unspecified atom stereocenters. The van der Waals surface area contributed by atoms with E-state index in [0.717, 1.165) is 22.4 Å². The number of imidazole rings is 1. The number of hydrogen-bond acceptors (Lipinski definition) is 3. The number of para-hydroxylation sites is 2. The Bertz CT molecular complexity index is 1150. The molecule has 1 N–H and O–H groups in total. The Hall–Kier alpha value is -3.67. The van der Waals surface area contributed by atoms with Crippen molar-refractivity contribution in [2.75, 3.05) is 0 Å². The molecule has 0 radical (unpaired) electrons. The highest BCUT2D eigenvalue weighted by Crippen LogP contribution is 2.17. The molecule has 0 aliphatic heterocycles. The number of carbonyl (C=O) groups is 1. The number of aromatic nitrogens is 2. The van der Waals surface area contributed by atoms with Gasteiger partial charge in [-0.2, -0.15) is 0 Å². The largest absolute Gasteiger partial charge is 0.489 e. The lowest BCUT2D eigenvalue weighted by molar-refractivity contribution is 0.0949. The average Bonchev–Trinajstić information content (AvgIpc) is 3.07. The van der Waals surface area contributed by atoms with Gasteiger partial charge in [0.05, 0.1) is 17.6 Å². The lowest BCUT2D eigenvalue weighted by atomic mass is 10.2. The zero-order valence-corrected chi connectivity index (χ0v) is 15.9. The molecule has 3 aromatic carbocycles. The van der Waals surface area contributed by atoms with Crippen LogP contribution in [0.3, 0.4) is 0 Å². The third kappa shape index (κ3) is 4.27.